The molecule has 1 aromatic rings. The molecule has 0 aliphatic carbocycles. The lowest BCUT2D eigenvalue weighted by atomic mass is 9.89. The summed E-state index contributed by atoms with van der Waals surface area (Å²) in [6.45, 7) is 8.10. The highest BCUT2D eigenvalue weighted by atomic mass is 19.1. The Morgan fingerprint density at radius 3 is 2.70 bits per heavy atom. The van der Waals surface area contributed by atoms with Gasteiger partial charge in [0.1, 0.15) is 6.80 Å². The second-order valence-electron chi connectivity index (χ2n) is 6.68. The van der Waals surface area contributed by atoms with Crippen molar-refractivity contribution in [1.29, 1.82) is 0 Å². The van der Waals surface area contributed by atoms with E-state index in [0.717, 1.165) is 31.0 Å². The molecule has 1 aromatic heterocycles. The Hall–Kier alpha value is -1.00. The fourth-order valence-electron chi connectivity index (χ4n) is 2.51. The van der Waals surface area contributed by atoms with Crippen molar-refractivity contribution in [2.45, 2.75) is 45.1 Å². The quantitative estimate of drug-likeness (QED) is 0.792. The maximum absolute atomic E-state index is 12.8. The van der Waals surface area contributed by atoms with Crippen LogP contribution in [0.15, 0.2) is 12.1 Å². The van der Waals surface area contributed by atoms with Gasteiger partial charge in [0.25, 0.3) is 0 Å². The summed E-state index contributed by atoms with van der Waals surface area (Å²) in [5.74, 6) is 0.402. The van der Waals surface area contributed by atoms with Gasteiger partial charge in [0, 0.05) is 30.2 Å². The van der Waals surface area contributed by atoms with E-state index in [0.29, 0.717) is 12.5 Å². The predicted octanol–water partition coefficient (Wildman–Crippen LogP) is 3.24. The summed E-state index contributed by atoms with van der Waals surface area (Å²) in [5, 5.41) is 0. The van der Waals surface area contributed by atoms with Gasteiger partial charge in [-0.05, 0) is 25.1 Å². The molecule has 0 bridgehead atoms. The van der Waals surface area contributed by atoms with E-state index < -0.39 is 6.80 Å². The Morgan fingerprint density at radius 1 is 1.40 bits per heavy atom. The fourth-order valence-corrected chi connectivity index (χ4v) is 2.51. The molecule has 0 N–H and O–H groups in total. The molecule has 1 aliphatic heterocycles. The Kier molecular flexibility index (Phi) is 4.76. The number of alkyl halides is 1. The SMILES string of the molecule is CN(CF)Cc1nc(C(C)(C)C)ccc1[C@H]1CCOC1. The lowest BCUT2D eigenvalue weighted by Crippen LogP contribution is -2.22. The van der Waals surface area contributed by atoms with E-state index in [9.17, 15) is 4.39 Å². The second-order valence-corrected chi connectivity index (χ2v) is 6.68. The van der Waals surface area contributed by atoms with Gasteiger partial charge in [-0.25, -0.2) is 4.39 Å². The van der Waals surface area contributed by atoms with Crippen molar-refractivity contribution in [2.75, 3.05) is 27.1 Å². The smallest absolute Gasteiger partial charge is 0.143 e. The van der Waals surface area contributed by atoms with E-state index in [1.807, 2.05) is 0 Å². The molecule has 2 heterocycles. The van der Waals surface area contributed by atoms with Crippen LogP contribution in [0.5, 0.6) is 0 Å². The van der Waals surface area contributed by atoms with E-state index in [1.54, 1.807) is 11.9 Å². The first-order valence-electron chi connectivity index (χ1n) is 7.24. The van der Waals surface area contributed by atoms with E-state index in [2.05, 4.69) is 32.9 Å². The number of nitrogens with zero attached hydrogens (tertiary/aromatic N) is 2. The third-order valence-electron chi connectivity index (χ3n) is 3.77. The lowest BCUT2D eigenvalue weighted by molar-refractivity contribution is 0.193. The number of rotatable bonds is 4. The van der Waals surface area contributed by atoms with Crippen molar-refractivity contribution in [3.05, 3.63) is 29.1 Å². The van der Waals surface area contributed by atoms with Crippen LogP contribution in [0, 0.1) is 0 Å². The van der Waals surface area contributed by atoms with E-state index >= 15 is 0 Å². The van der Waals surface area contributed by atoms with E-state index in [-0.39, 0.29) is 5.41 Å². The van der Waals surface area contributed by atoms with Crippen LogP contribution < -0.4 is 0 Å². The maximum Gasteiger partial charge on any atom is 0.143 e. The zero-order valence-electron chi connectivity index (χ0n) is 12.9. The van der Waals surface area contributed by atoms with Gasteiger partial charge in [0.15, 0.2) is 0 Å². The number of hydrogen-bond donors (Lipinski definition) is 0. The first kappa shape index (κ1) is 15.4. The van der Waals surface area contributed by atoms with Crippen LogP contribution >= 0.6 is 0 Å². The molecule has 112 valence electrons. The van der Waals surface area contributed by atoms with Crippen LogP contribution in [-0.2, 0) is 16.7 Å². The van der Waals surface area contributed by atoms with Crippen LogP contribution in [0.2, 0.25) is 0 Å². The van der Waals surface area contributed by atoms with Crippen molar-refractivity contribution < 1.29 is 9.13 Å². The van der Waals surface area contributed by atoms with Crippen molar-refractivity contribution in [3.8, 4) is 0 Å². The molecule has 1 saturated heterocycles. The number of hydrogen-bond acceptors (Lipinski definition) is 3. The molecule has 0 unspecified atom stereocenters. The Labute approximate surface area is 121 Å². The van der Waals surface area contributed by atoms with Crippen LogP contribution in [-0.4, -0.2) is 36.9 Å². The number of halogens is 1. The van der Waals surface area contributed by atoms with E-state index in [1.165, 1.54) is 5.56 Å². The highest BCUT2D eigenvalue weighted by molar-refractivity contribution is 5.30. The molecular formula is C16H25FN2O. The molecule has 0 amide bonds. The molecule has 1 fully saturated rings. The summed E-state index contributed by atoms with van der Waals surface area (Å²) in [6.07, 6.45) is 1.03. The average molecular weight is 280 g/mol. The summed E-state index contributed by atoms with van der Waals surface area (Å²) < 4.78 is 18.3. The number of ether oxygens (including phenoxy) is 1. The summed E-state index contributed by atoms with van der Waals surface area (Å²) in [6, 6.07) is 4.26. The minimum Gasteiger partial charge on any atom is -0.381 e. The van der Waals surface area contributed by atoms with Gasteiger partial charge in [-0.2, -0.15) is 0 Å². The van der Waals surface area contributed by atoms with Gasteiger partial charge in [-0.3, -0.25) is 9.88 Å². The molecule has 2 rings (SSSR count). The van der Waals surface area contributed by atoms with Gasteiger partial charge in [-0.15, -0.1) is 0 Å². The molecular weight excluding hydrogens is 255 g/mol. The fraction of sp³-hybridized carbons (Fsp3) is 0.688. The third kappa shape index (κ3) is 3.55. The van der Waals surface area contributed by atoms with Crippen LogP contribution in [0.4, 0.5) is 4.39 Å². The number of aromatic nitrogens is 1. The Balaban J connectivity index is 2.34. The highest BCUT2D eigenvalue weighted by Gasteiger charge is 2.24. The minimum atomic E-state index is -0.456. The molecule has 0 spiro atoms. The van der Waals surface area contributed by atoms with Gasteiger partial charge in [0.2, 0.25) is 0 Å². The van der Waals surface area contributed by atoms with Crippen LogP contribution in [0.3, 0.4) is 0 Å². The summed E-state index contributed by atoms with van der Waals surface area (Å²) in [5.41, 5.74) is 3.28. The molecule has 0 radical (unpaired) electrons. The monoisotopic (exact) mass is 280 g/mol. The van der Waals surface area contributed by atoms with Crippen molar-refractivity contribution in [2.24, 2.45) is 0 Å². The second kappa shape index (κ2) is 6.19. The molecule has 0 saturated carbocycles. The molecule has 4 heteroatoms. The van der Waals surface area contributed by atoms with Gasteiger partial charge in [-0.1, -0.05) is 26.8 Å². The summed E-state index contributed by atoms with van der Waals surface area (Å²) in [7, 11) is 1.78. The third-order valence-corrected chi connectivity index (χ3v) is 3.77. The Morgan fingerprint density at radius 2 is 2.15 bits per heavy atom. The molecule has 20 heavy (non-hydrogen) atoms. The minimum absolute atomic E-state index is 0.00768. The summed E-state index contributed by atoms with van der Waals surface area (Å²) >= 11 is 0. The average Bonchev–Trinajstić information content (AvgIpc) is 2.91. The van der Waals surface area contributed by atoms with Crippen molar-refractivity contribution in [3.63, 3.8) is 0 Å². The van der Waals surface area contributed by atoms with Gasteiger partial charge >= 0.3 is 0 Å². The first-order valence-corrected chi connectivity index (χ1v) is 7.24. The largest absolute Gasteiger partial charge is 0.381 e. The molecule has 3 nitrogen and oxygen atoms in total. The normalized spacial score (nSPS) is 19.8. The lowest BCUT2D eigenvalue weighted by Gasteiger charge is -2.23. The first-order chi connectivity index (χ1) is 9.41. The molecule has 1 aliphatic rings. The molecule has 0 aromatic carbocycles. The standard InChI is InChI=1S/C16H25FN2O/c1-16(2,3)15-6-5-13(12-7-8-20-10-12)14(18-15)9-19(4)11-17/h5-6,12H,7-11H2,1-4H3/t12-/m0/s1. The topological polar surface area (TPSA) is 25.4 Å². The van der Waals surface area contributed by atoms with Gasteiger partial charge in [0.05, 0.1) is 12.3 Å². The summed E-state index contributed by atoms with van der Waals surface area (Å²) in [4.78, 5) is 6.46. The zero-order chi connectivity index (χ0) is 14.8. The zero-order valence-corrected chi connectivity index (χ0v) is 12.9. The van der Waals surface area contributed by atoms with Crippen LogP contribution in [0.25, 0.3) is 0 Å². The van der Waals surface area contributed by atoms with Gasteiger partial charge < -0.3 is 4.74 Å². The van der Waals surface area contributed by atoms with Crippen molar-refractivity contribution in [1.82, 2.24) is 9.88 Å². The van der Waals surface area contributed by atoms with Crippen LogP contribution in [0.1, 0.15) is 50.1 Å². The van der Waals surface area contributed by atoms with Crippen molar-refractivity contribution >= 4 is 0 Å². The Bertz CT molecular complexity index is 450. The van der Waals surface area contributed by atoms with E-state index in [4.69, 9.17) is 9.72 Å². The maximum atomic E-state index is 12.8. The number of pyridine rings is 1. The highest BCUT2D eigenvalue weighted by Crippen LogP contribution is 2.30. The molecule has 1 atom stereocenters. The predicted molar refractivity (Wildman–Crippen MR) is 78.6 cm³/mol.